The molecular formula is C9H15N3O3S. The highest BCUT2D eigenvalue weighted by atomic mass is 32.2. The van der Waals surface area contributed by atoms with E-state index in [4.69, 9.17) is 16.0 Å². The minimum atomic E-state index is -4.30. The highest BCUT2D eigenvalue weighted by Crippen LogP contribution is 2.22. The molecule has 0 bridgehead atoms. The van der Waals surface area contributed by atoms with Crippen LogP contribution in [-0.4, -0.2) is 26.1 Å². The molecule has 0 aliphatic heterocycles. The van der Waals surface area contributed by atoms with Gasteiger partial charge < -0.3 is 11.5 Å². The van der Waals surface area contributed by atoms with Crippen LogP contribution in [0.4, 0.5) is 11.4 Å². The molecular weight excluding hydrogens is 230 g/mol. The van der Waals surface area contributed by atoms with E-state index in [1.54, 1.807) is 19.1 Å². The molecule has 1 aromatic carbocycles. The van der Waals surface area contributed by atoms with Crippen molar-refractivity contribution in [2.75, 3.05) is 23.1 Å². The van der Waals surface area contributed by atoms with Crippen LogP contribution >= 0.6 is 0 Å². The summed E-state index contributed by atoms with van der Waals surface area (Å²) < 4.78 is 32.1. The standard InChI is InChI=1S/C9H15N3O3S/c1-7-6-8(2-3-9(7)11)12(5-4-10)16(13,14)15/h2-3,6H,4-5,10-11H2,1H3,(H,13,14,15). The Balaban J connectivity index is 3.17. The lowest BCUT2D eigenvalue weighted by Crippen LogP contribution is -2.34. The third-order valence-electron chi connectivity index (χ3n) is 2.15. The molecule has 0 fully saturated rings. The maximum atomic E-state index is 11.1. The summed E-state index contributed by atoms with van der Waals surface area (Å²) in [6.07, 6.45) is 0. The molecule has 7 heteroatoms. The van der Waals surface area contributed by atoms with E-state index in [2.05, 4.69) is 0 Å². The summed E-state index contributed by atoms with van der Waals surface area (Å²) in [4.78, 5) is 0. The molecule has 0 amide bonds. The lowest BCUT2D eigenvalue weighted by Gasteiger charge is -2.20. The molecule has 0 radical (unpaired) electrons. The Labute approximate surface area is 94.7 Å². The first kappa shape index (κ1) is 12.8. The van der Waals surface area contributed by atoms with Gasteiger partial charge in [0.05, 0.1) is 5.69 Å². The van der Waals surface area contributed by atoms with Gasteiger partial charge in [-0.3, -0.25) is 4.55 Å². The van der Waals surface area contributed by atoms with Crippen LogP contribution in [0.5, 0.6) is 0 Å². The average molecular weight is 245 g/mol. The number of hydrogen-bond donors (Lipinski definition) is 3. The first-order chi connectivity index (χ1) is 7.36. The highest BCUT2D eigenvalue weighted by molar-refractivity contribution is 7.87. The monoisotopic (exact) mass is 245 g/mol. The molecule has 0 unspecified atom stereocenters. The molecule has 0 aliphatic rings. The van der Waals surface area contributed by atoms with Gasteiger partial charge >= 0.3 is 10.3 Å². The maximum Gasteiger partial charge on any atom is 0.360 e. The highest BCUT2D eigenvalue weighted by Gasteiger charge is 2.18. The van der Waals surface area contributed by atoms with E-state index in [0.29, 0.717) is 11.4 Å². The van der Waals surface area contributed by atoms with Gasteiger partial charge in [0.15, 0.2) is 0 Å². The first-order valence-electron chi connectivity index (χ1n) is 4.67. The Bertz CT molecular complexity index is 473. The normalized spacial score (nSPS) is 11.4. The second-order valence-electron chi connectivity index (χ2n) is 3.38. The molecule has 0 saturated heterocycles. The maximum absolute atomic E-state index is 11.1. The van der Waals surface area contributed by atoms with Crippen molar-refractivity contribution in [2.24, 2.45) is 5.73 Å². The zero-order valence-corrected chi connectivity index (χ0v) is 9.74. The summed E-state index contributed by atoms with van der Waals surface area (Å²) in [5, 5.41) is 0. The number of nitrogens with two attached hydrogens (primary N) is 2. The predicted molar refractivity (Wildman–Crippen MR) is 63.5 cm³/mol. The van der Waals surface area contributed by atoms with Gasteiger partial charge in [0.25, 0.3) is 0 Å². The second kappa shape index (κ2) is 4.69. The smallest absolute Gasteiger partial charge is 0.360 e. The zero-order chi connectivity index (χ0) is 12.3. The van der Waals surface area contributed by atoms with Crippen LogP contribution in [0.1, 0.15) is 5.56 Å². The first-order valence-corrected chi connectivity index (χ1v) is 6.07. The van der Waals surface area contributed by atoms with E-state index in [9.17, 15) is 8.42 Å². The number of hydrogen-bond acceptors (Lipinski definition) is 4. The van der Waals surface area contributed by atoms with Crippen LogP contribution in [-0.2, 0) is 10.3 Å². The van der Waals surface area contributed by atoms with Crippen molar-refractivity contribution in [3.63, 3.8) is 0 Å². The molecule has 1 rings (SSSR count). The lowest BCUT2D eigenvalue weighted by atomic mass is 10.2. The van der Waals surface area contributed by atoms with Gasteiger partial charge in [0, 0.05) is 18.8 Å². The number of nitrogen functional groups attached to an aromatic ring is 1. The molecule has 0 atom stereocenters. The Kier molecular flexibility index (Phi) is 3.74. The van der Waals surface area contributed by atoms with Gasteiger partial charge in [-0.1, -0.05) is 0 Å². The van der Waals surface area contributed by atoms with Gasteiger partial charge in [-0.05, 0) is 30.7 Å². The van der Waals surface area contributed by atoms with E-state index < -0.39 is 10.3 Å². The number of rotatable bonds is 4. The fourth-order valence-corrected chi connectivity index (χ4v) is 2.03. The molecule has 0 heterocycles. The minimum Gasteiger partial charge on any atom is -0.399 e. The number of benzene rings is 1. The van der Waals surface area contributed by atoms with Crippen LogP contribution in [0.25, 0.3) is 0 Å². The van der Waals surface area contributed by atoms with Crippen LogP contribution in [0, 0.1) is 6.92 Å². The minimum absolute atomic E-state index is 0.0161. The van der Waals surface area contributed by atoms with E-state index in [1.807, 2.05) is 0 Å². The molecule has 90 valence electrons. The van der Waals surface area contributed by atoms with Crippen molar-refractivity contribution in [3.05, 3.63) is 23.8 Å². The molecule has 0 aliphatic carbocycles. The summed E-state index contributed by atoms with van der Waals surface area (Å²) in [6, 6.07) is 4.68. The fraction of sp³-hybridized carbons (Fsp3) is 0.333. The van der Waals surface area contributed by atoms with Crippen LogP contribution in [0.3, 0.4) is 0 Å². The molecule has 16 heavy (non-hydrogen) atoms. The second-order valence-corrected chi connectivity index (χ2v) is 4.72. The van der Waals surface area contributed by atoms with Crippen molar-refractivity contribution < 1.29 is 13.0 Å². The Morgan fingerprint density at radius 3 is 2.50 bits per heavy atom. The Morgan fingerprint density at radius 2 is 2.06 bits per heavy atom. The molecule has 0 saturated carbocycles. The van der Waals surface area contributed by atoms with Crippen molar-refractivity contribution >= 4 is 21.7 Å². The van der Waals surface area contributed by atoms with Gasteiger partial charge in [0.2, 0.25) is 0 Å². The summed E-state index contributed by atoms with van der Waals surface area (Å²) in [5.41, 5.74) is 12.6. The van der Waals surface area contributed by atoms with Crippen LogP contribution in [0.15, 0.2) is 18.2 Å². The Morgan fingerprint density at radius 1 is 1.44 bits per heavy atom. The lowest BCUT2D eigenvalue weighted by molar-refractivity contribution is 0.478. The Hall–Kier alpha value is -1.31. The summed E-state index contributed by atoms with van der Waals surface area (Å²) >= 11 is 0. The largest absolute Gasteiger partial charge is 0.399 e. The number of nitrogens with zero attached hydrogens (tertiary/aromatic N) is 1. The van der Waals surface area contributed by atoms with Crippen LogP contribution in [0.2, 0.25) is 0 Å². The third-order valence-corrected chi connectivity index (χ3v) is 3.10. The van der Waals surface area contributed by atoms with Gasteiger partial charge in [-0.25, -0.2) is 4.31 Å². The van der Waals surface area contributed by atoms with Gasteiger partial charge in [-0.15, -0.1) is 0 Å². The third kappa shape index (κ3) is 2.84. The summed E-state index contributed by atoms with van der Waals surface area (Å²) in [6.45, 7) is 1.88. The average Bonchev–Trinajstić information content (AvgIpc) is 2.17. The van der Waals surface area contributed by atoms with Crippen molar-refractivity contribution in [2.45, 2.75) is 6.92 Å². The quantitative estimate of drug-likeness (QED) is 0.516. The molecule has 0 aromatic heterocycles. The van der Waals surface area contributed by atoms with Gasteiger partial charge in [0.1, 0.15) is 0 Å². The van der Waals surface area contributed by atoms with Crippen molar-refractivity contribution in [1.29, 1.82) is 0 Å². The van der Waals surface area contributed by atoms with Crippen molar-refractivity contribution in [3.8, 4) is 0 Å². The van der Waals surface area contributed by atoms with E-state index in [0.717, 1.165) is 9.87 Å². The molecule has 5 N–H and O–H groups in total. The van der Waals surface area contributed by atoms with Crippen LogP contribution < -0.4 is 15.8 Å². The number of aryl methyl sites for hydroxylation is 1. The van der Waals surface area contributed by atoms with Gasteiger partial charge in [-0.2, -0.15) is 8.42 Å². The number of anilines is 2. The summed E-state index contributed by atoms with van der Waals surface area (Å²) in [7, 11) is -4.30. The predicted octanol–water partition coefficient (Wildman–Crippen LogP) is 0.145. The van der Waals surface area contributed by atoms with Crippen molar-refractivity contribution in [1.82, 2.24) is 0 Å². The fourth-order valence-electron chi connectivity index (χ4n) is 1.31. The molecule has 6 nitrogen and oxygen atoms in total. The zero-order valence-electron chi connectivity index (χ0n) is 8.92. The summed E-state index contributed by atoms with van der Waals surface area (Å²) in [5.74, 6) is 0. The van der Waals surface area contributed by atoms with E-state index in [1.165, 1.54) is 6.07 Å². The molecule has 1 aromatic rings. The SMILES string of the molecule is Cc1cc(N(CCN)S(=O)(=O)O)ccc1N. The van der Waals surface area contributed by atoms with E-state index >= 15 is 0 Å². The molecule has 0 spiro atoms. The van der Waals surface area contributed by atoms with E-state index in [-0.39, 0.29) is 13.1 Å². The topological polar surface area (TPSA) is 110 Å².